The highest BCUT2D eigenvalue weighted by molar-refractivity contribution is 4.99. The highest BCUT2D eigenvalue weighted by atomic mass is 19.4. The van der Waals surface area contributed by atoms with Crippen LogP contribution in [0.5, 0.6) is 0 Å². The van der Waals surface area contributed by atoms with Crippen LogP contribution in [0.3, 0.4) is 0 Å². The zero-order valence-corrected chi connectivity index (χ0v) is 8.44. The van der Waals surface area contributed by atoms with Crippen LogP contribution in [0.2, 0.25) is 0 Å². The van der Waals surface area contributed by atoms with Gasteiger partial charge in [-0.15, -0.1) is 0 Å². The van der Waals surface area contributed by atoms with Gasteiger partial charge in [-0.25, -0.2) is 0 Å². The Morgan fingerprint density at radius 2 is 2.00 bits per heavy atom. The molecule has 15 heavy (non-hydrogen) atoms. The van der Waals surface area contributed by atoms with Crippen LogP contribution in [-0.4, -0.2) is 19.4 Å². The van der Waals surface area contributed by atoms with Crippen LogP contribution >= 0.6 is 0 Å². The van der Waals surface area contributed by atoms with Crippen molar-refractivity contribution in [2.24, 2.45) is 5.41 Å². The predicted octanol–water partition coefficient (Wildman–Crippen LogP) is 3.04. The SMILES string of the molecule is N#CCC1(COCCCC(F)(F)F)CC1. The first kappa shape index (κ1) is 12.3. The molecule has 86 valence electrons. The fourth-order valence-electron chi connectivity index (χ4n) is 1.38. The van der Waals surface area contributed by atoms with Crippen LogP contribution in [0.15, 0.2) is 0 Å². The maximum absolute atomic E-state index is 11.8. The quantitative estimate of drug-likeness (QED) is 0.646. The molecular formula is C10H14F3NO. The summed E-state index contributed by atoms with van der Waals surface area (Å²) in [5.41, 5.74) is -0.0347. The highest BCUT2D eigenvalue weighted by Crippen LogP contribution is 2.48. The Kier molecular flexibility index (Phi) is 3.97. The van der Waals surface area contributed by atoms with Crippen LogP contribution in [0.25, 0.3) is 0 Å². The van der Waals surface area contributed by atoms with Crippen molar-refractivity contribution < 1.29 is 17.9 Å². The fraction of sp³-hybridized carbons (Fsp3) is 0.900. The van der Waals surface area contributed by atoms with Gasteiger partial charge in [-0.2, -0.15) is 18.4 Å². The van der Waals surface area contributed by atoms with Gasteiger partial charge in [-0.3, -0.25) is 0 Å². The van der Waals surface area contributed by atoms with E-state index in [1.807, 2.05) is 0 Å². The summed E-state index contributed by atoms with van der Waals surface area (Å²) in [5.74, 6) is 0. The van der Waals surface area contributed by atoms with E-state index < -0.39 is 12.6 Å². The van der Waals surface area contributed by atoms with Gasteiger partial charge in [0.25, 0.3) is 0 Å². The predicted molar refractivity (Wildman–Crippen MR) is 48.0 cm³/mol. The lowest BCUT2D eigenvalue weighted by molar-refractivity contribution is -0.138. The van der Waals surface area contributed by atoms with Crippen LogP contribution in [0.1, 0.15) is 32.1 Å². The van der Waals surface area contributed by atoms with Gasteiger partial charge in [0.15, 0.2) is 0 Å². The molecule has 0 unspecified atom stereocenters. The van der Waals surface area contributed by atoms with Gasteiger partial charge in [-0.05, 0) is 19.3 Å². The van der Waals surface area contributed by atoms with Crippen molar-refractivity contribution in [3.63, 3.8) is 0 Å². The van der Waals surface area contributed by atoms with E-state index in [4.69, 9.17) is 10.00 Å². The van der Waals surface area contributed by atoms with Gasteiger partial charge in [0.2, 0.25) is 0 Å². The summed E-state index contributed by atoms with van der Waals surface area (Å²) in [7, 11) is 0. The van der Waals surface area contributed by atoms with E-state index in [1.165, 1.54) is 0 Å². The van der Waals surface area contributed by atoms with Crippen molar-refractivity contribution in [2.45, 2.75) is 38.3 Å². The molecule has 0 atom stereocenters. The topological polar surface area (TPSA) is 33.0 Å². The summed E-state index contributed by atoms with van der Waals surface area (Å²) in [6.45, 7) is 0.561. The van der Waals surface area contributed by atoms with E-state index in [-0.39, 0.29) is 18.4 Å². The average Bonchev–Trinajstić information content (AvgIpc) is 2.83. The third-order valence-electron chi connectivity index (χ3n) is 2.57. The summed E-state index contributed by atoms with van der Waals surface area (Å²) in [5, 5.41) is 8.50. The van der Waals surface area contributed by atoms with Crippen molar-refractivity contribution in [1.82, 2.24) is 0 Å². The van der Waals surface area contributed by atoms with E-state index in [2.05, 4.69) is 6.07 Å². The first-order valence-corrected chi connectivity index (χ1v) is 4.99. The van der Waals surface area contributed by atoms with Gasteiger partial charge < -0.3 is 4.74 Å². The van der Waals surface area contributed by atoms with Gasteiger partial charge >= 0.3 is 6.18 Å². The van der Waals surface area contributed by atoms with E-state index in [0.29, 0.717) is 13.0 Å². The minimum Gasteiger partial charge on any atom is -0.381 e. The van der Waals surface area contributed by atoms with Crippen LogP contribution in [0, 0.1) is 16.7 Å². The molecule has 0 spiro atoms. The molecule has 0 aromatic heterocycles. The molecule has 0 aromatic carbocycles. The number of ether oxygens (including phenoxy) is 1. The standard InChI is InChI=1S/C10H14F3NO/c11-10(12,13)2-1-7-15-8-9(3-4-9)5-6-14/h1-5,7-8H2. The molecule has 1 fully saturated rings. The third-order valence-corrected chi connectivity index (χ3v) is 2.57. The van der Waals surface area contributed by atoms with E-state index in [9.17, 15) is 13.2 Å². The zero-order valence-electron chi connectivity index (χ0n) is 8.44. The molecule has 0 N–H and O–H groups in total. The van der Waals surface area contributed by atoms with E-state index in [0.717, 1.165) is 12.8 Å². The molecule has 5 heteroatoms. The molecule has 1 saturated carbocycles. The van der Waals surface area contributed by atoms with E-state index in [1.54, 1.807) is 0 Å². The second-order valence-electron chi connectivity index (χ2n) is 4.11. The van der Waals surface area contributed by atoms with Gasteiger partial charge in [0.1, 0.15) is 0 Å². The number of alkyl halides is 3. The number of nitriles is 1. The number of rotatable bonds is 6. The smallest absolute Gasteiger partial charge is 0.381 e. The summed E-state index contributed by atoms with van der Waals surface area (Å²) in [4.78, 5) is 0. The lowest BCUT2D eigenvalue weighted by Crippen LogP contribution is -2.13. The highest BCUT2D eigenvalue weighted by Gasteiger charge is 2.42. The van der Waals surface area contributed by atoms with Crippen LogP contribution in [0.4, 0.5) is 13.2 Å². The van der Waals surface area contributed by atoms with Crippen molar-refractivity contribution in [3.05, 3.63) is 0 Å². The maximum atomic E-state index is 11.8. The lowest BCUT2D eigenvalue weighted by Gasteiger charge is -2.11. The van der Waals surface area contributed by atoms with Crippen molar-refractivity contribution in [1.29, 1.82) is 5.26 Å². The molecule has 2 nitrogen and oxygen atoms in total. The largest absolute Gasteiger partial charge is 0.389 e. The molecular weight excluding hydrogens is 207 g/mol. The molecule has 1 aliphatic carbocycles. The lowest BCUT2D eigenvalue weighted by atomic mass is 10.1. The van der Waals surface area contributed by atoms with Crippen molar-refractivity contribution in [2.75, 3.05) is 13.2 Å². The fourth-order valence-corrected chi connectivity index (χ4v) is 1.38. The normalized spacial score (nSPS) is 18.5. The minimum absolute atomic E-state index is 0.00608. The second kappa shape index (κ2) is 4.84. The van der Waals surface area contributed by atoms with Gasteiger partial charge in [0.05, 0.1) is 12.7 Å². The molecule has 0 bridgehead atoms. The van der Waals surface area contributed by atoms with Crippen molar-refractivity contribution >= 4 is 0 Å². The third kappa shape index (κ3) is 5.03. The van der Waals surface area contributed by atoms with Gasteiger partial charge in [-0.1, -0.05) is 0 Å². The Morgan fingerprint density at radius 1 is 1.33 bits per heavy atom. The zero-order chi connectivity index (χ0) is 11.4. The molecule has 1 aliphatic rings. The molecule has 0 radical (unpaired) electrons. The number of hydrogen-bond donors (Lipinski definition) is 0. The Hall–Kier alpha value is -0.760. The average molecular weight is 221 g/mol. The first-order valence-electron chi connectivity index (χ1n) is 4.99. The molecule has 0 heterocycles. The number of hydrogen-bond acceptors (Lipinski definition) is 2. The first-order chi connectivity index (χ1) is 6.97. The Bertz CT molecular complexity index is 240. The summed E-state index contributed by atoms with van der Waals surface area (Å²) < 4.78 is 40.4. The minimum atomic E-state index is -4.09. The Labute approximate surface area is 87.0 Å². The number of nitrogens with zero attached hydrogens (tertiary/aromatic N) is 1. The number of halogens is 3. The molecule has 0 saturated heterocycles. The van der Waals surface area contributed by atoms with Crippen LogP contribution < -0.4 is 0 Å². The molecule has 0 aromatic rings. The van der Waals surface area contributed by atoms with Gasteiger partial charge in [0, 0.05) is 24.9 Å². The Balaban J connectivity index is 2.01. The molecule has 0 aliphatic heterocycles. The summed E-state index contributed by atoms with van der Waals surface area (Å²) in [6.07, 6.45) is -2.51. The van der Waals surface area contributed by atoms with Crippen LogP contribution in [-0.2, 0) is 4.74 Å². The van der Waals surface area contributed by atoms with E-state index >= 15 is 0 Å². The second-order valence-corrected chi connectivity index (χ2v) is 4.11. The monoisotopic (exact) mass is 221 g/mol. The summed E-state index contributed by atoms with van der Waals surface area (Å²) >= 11 is 0. The van der Waals surface area contributed by atoms with Crippen molar-refractivity contribution in [3.8, 4) is 6.07 Å². The maximum Gasteiger partial charge on any atom is 0.389 e. The Morgan fingerprint density at radius 3 is 2.47 bits per heavy atom. The molecule has 0 amide bonds. The molecule has 1 rings (SSSR count). The summed E-state index contributed by atoms with van der Waals surface area (Å²) in [6, 6.07) is 2.08.